The van der Waals surface area contributed by atoms with Crippen molar-refractivity contribution in [3.63, 3.8) is 0 Å². The lowest BCUT2D eigenvalue weighted by molar-refractivity contribution is 0.209. The van der Waals surface area contributed by atoms with Crippen molar-refractivity contribution in [3.8, 4) is 0 Å². The fourth-order valence-electron chi connectivity index (χ4n) is 5.30. The van der Waals surface area contributed by atoms with Crippen molar-refractivity contribution < 1.29 is 0 Å². The van der Waals surface area contributed by atoms with Crippen molar-refractivity contribution in [2.24, 2.45) is 10.2 Å². The summed E-state index contributed by atoms with van der Waals surface area (Å²) in [5, 5.41) is 9.01. The van der Waals surface area contributed by atoms with Crippen LogP contribution in [0.4, 0.5) is 0 Å². The third-order valence-corrected chi connectivity index (χ3v) is 8.01. The van der Waals surface area contributed by atoms with Gasteiger partial charge >= 0.3 is 0 Å². The molecular weight excluding hydrogens is 461 g/mol. The number of hydrogen-bond donors (Lipinski definition) is 0. The summed E-state index contributed by atoms with van der Waals surface area (Å²) in [6.45, 7) is 9.01. The van der Waals surface area contributed by atoms with Crippen LogP contribution < -0.4 is 0 Å². The minimum atomic E-state index is 0.599. The molecular formula is C29H35Cl2N3. The summed E-state index contributed by atoms with van der Waals surface area (Å²) in [5.41, 5.74) is 8.34. The van der Waals surface area contributed by atoms with Crippen molar-refractivity contribution >= 4 is 41.7 Å². The standard InChI is InChI=1S/C29H35Cl2N3/c1-21(33-32-2)9-10-22-18-26-8-5-7-24(27(26)19-22)6-3-4-15-34-16-13-23(14-17-34)25-11-12-28(30)29(31)20-25/h5,7-8,11-12,19-20,23H,2-4,6,9-10,13-18H2,1H3/b33-21-. The molecule has 4 rings (SSSR count). The van der Waals surface area contributed by atoms with Gasteiger partial charge in [0.15, 0.2) is 0 Å². The molecule has 1 aliphatic heterocycles. The molecule has 0 bridgehead atoms. The Morgan fingerprint density at radius 2 is 1.88 bits per heavy atom. The molecule has 2 aromatic carbocycles. The molecule has 0 saturated carbocycles. The van der Waals surface area contributed by atoms with Crippen LogP contribution >= 0.6 is 23.2 Å². The molecule has 0 radical (unpaired) electrons. The van der Waals surface area contributed by atoms with Gasteiger partial charge in [-0.1, -0.05) is 59.1 Å². The Morgan fingerprint density at radius 3 is 2.65 bits per heavy atom. The van der Waals surface area contributed by atoms with Gasteiger partial charge in [-0.05, 0) is 118 Å². The summed E-state index contributed by atoms with van der Waals surface area (Å²) in [6.07, 6.45) is 11.6. The van der Waals surface area contributed by atoms with E-state index in [1.54, 1.807) is 0 Å². The van der Waals surface area contributed by atoms with Crippen molar-refractivity contribution in [2.75, 3.05) is 19.6 Å². The Labute approximate surface area is 214 Å². The maximum atomic E-state index is 6.22. The lowest BCUT2D eigenvalue weighted by atomic mass is 9.89. The molecule has 180 valence electrons. The van der Waals surface area contributed by atoms with Gasteiger partial charge in [0, 0.05) is 12.4 Å². The second-order valence-corrected chi connectivity index (χ2v) is 10.5. The number of hydrogen-bond acceptors (Lipinski definition) is 3. The highest BCUT2D eigenvalue weighted by molar-refractivity contribution is 6.42. The number of aryl methyl sites for hydroxylation is 1. The van der Waals surface area contributed by atoms with E-state index in [0.29, 0.717) is 16.0 Å². The quantitative estimate of drug-likeness (QED) is 0.186. The van der Waals surface area contributed by atoms with E-state index < -0.39 is 0 Å². The van der Waals surface area contributed by atoms with Gasteiger partial charge in [-0.15, -0.1) is 0 Å². The van der Waals surface area contributed by atoms with Crippen LogP contribution in [-0.2, 0) is 12.8 Å². The monoisotopic (exact) mass is 495 g/mol. The first-order chi connectivity index (χ1) is 16.5. The summed E-state index contributed by atoms with van der Waals surface area (Å²) in [7, 11) is 0. The fraction of sp³-hybridized carbons (Fsp3) is 0.448. The zero-order valence-corrected chi connectivity index (χ0v) is 21.7. The van der Waals surface area contributed by atoms with Crippen molar-refractivity contribution in [2.45, 2.75) is 64.2 Å². The number of halogens is 2. The second-order valence-electron chi connectivity index (χ2n) is 9.69. The molecule has 3 nitrogen and oxygen atoms in total. The topological polar surface area (TPSA) is 28.0 Å². The van der Waals surface area contributed by atoms with Crippen LogP contribution in [-0.4, -0.2) is 37.0 Å². The summed E-state index contributed by atoms with van der Waals surface area (Å²) >= 11 is 12.3. The average Bonchev–Trinajstić information content (AvgIpc) is 3.27. The molecule has 1 fully saturated rings. The molecule has 1 aliphatic carbocycles. The molecule has 2 aliphatic rings. The van der Waals surface area contributed by atoms with Crippen molar-refractivity contribution in [1.29, 1.82) is 0 Å². The van der Waals surface area contributed by atoms with E-state index in [1.807, 2.05) is 13.0 Å². The number of unbranched alkanes of at least 4 members (excludes halogenated alkanes) is 1. The minimum absolute atomic E-state index is 0.599. The SMILES string of the molecule is C=N/N=C(/C)CCC1=Cc2c(CCCCN3CCC(c4ccc(Cl)c(Cl)c4)CC3)cccc2C1. The predicted octanol–water partition coefficient (Wildman–Crippen LogP) is 7.99. The largest absolute Gasteiger partial charge is 0.303 e. The maximum absolute atomic E-state index is 6.22. The maximum Gasteiger partial charge on any atom is 0.0595 e. The van der Waals surface area contributed by atoms with E-state index >= 15 is 0 Å². The highest BCUT2D eigenvalue weighted by atomic mass is 35.5. The molecule has 1 heterocycles. The first-order valence-electron chi connectivity index (χ1n) is 12.5. The zero-order valence-electron chi connectivity index (χ0n) is 20.2. The number of piperidine rings is 1. The molecule has 1 saturated heterocycles. The average molecular weight is 497 g/mol. The Balaban J connectivity index is 1.21. The van der Waals surface area contributed by atoms with Crippen molar-refractivity contribution in [3.05, 3.63) is 74.3 Å². The van der Waals surface area contributed by atoms with Gasteiger partial charge in [0.05, 0.1) is 10.0 Å². The number of benzene rings is 2. The van der Waals surface area contributed by atoms with Gasteiger partial charge in [0.1, 0.15) is 0 Å². The molecule has 0 N–H and O–H groups in total. The minimum Gasteiger partial charge on any atom is -0.303 e. The number of allylic oxidation sites excluding steroid dienone is 1. The van der Waals surface area contributed by atoms with Gasteiger partial charge in [-0.3, -0.25) is 0 Å². The van der Waals surface area contributed by atoms with Crippen LogP contribution in [0.2, 0.25) is 10.0 Å². The summed E-state index contributed by atoms with van der Waals surface area (Å²) in [5.74, 6) is 0.599. The summed E-state index contributed by atoms with van der Waals surface area (Å²) in [4.78, 5) is 2.63. The van der Waals surface area contributed by atoms with Crippen LogP contribution in [0, 0.1) is 0 Å². The van der Waals surface area contributed by atoms with Crippen LogP contribution in [0.25, 0.3) is 6.08 Å². The molecule has 0 aromatic heterocycles. The molecule has 0 atom stereocenters. The van der Waals surface area contributed by atoms with Gasteiger partial charge in [-0.2, -0.15) is 10.2 Å². The van der Waals surface area contributed by atoms with Crippen LogP contribution in [0.3, 0.4) is 0 Å². The number of fused-ring (bicyclic) bond motifs is 1. The second kappa shape index (κ2) is 12.2. The predicted molar refractivity (Wildman–Crippen MR) is 148 cm³/mol. The van der Waals surface area contributed by atoms with E-state index in [-0.39, 0.29) is 0 Å². The fourth-order valence-corrected chi connectivity index (χ4v) is 5.61. The first kappa shape index (κ1) is 25.2. The van der Waals surface area contributed by atoms with Crippen molar-refractivity contribution in [1.82, 2.24) is 4.90 Å². The van der Waals surface area contributed by atoms with Crippen LogP contribution in [0.5, 0.6) is 0 Å². The summed E-state index contributed by atoms with van der Waals surface area (Å²) in [6, 6.07) is 12.9. The lowest BCUT2D eigenvalue weighted by Gasteiger charge is -2.32. The Hall–Kier alpha value is -1.94. The highest BCUT2D eigenvalue weighted by Gasteiger charge is 2.21. The van der Waals surface area contributed by atoms with E-state index in [9.17, 15) is 0 Å². The van der Waals surface area contributed by atoms with Gasteiger partial charge in [-0.25, -0.2) is 0 Å². The number of likely N-dealkylation sites (tertiary alicyclic amines) is 1. The Bertz CT molecular complexity index is 1070. The Morgan fingerprint density at radius 1 is 1.06 bits per heavy atom. The third-order valence-electron chi connectivity index (χ3n) is 7.28. The van der Waals surface area contributed by atoms with Gasteiger partial charge in [0.25, 0.3) is 0 Å². The van der Waals surface area contributed by atoms with Crippen LogP contribution in [0.15, 0.2) is 52.2 Å². The molecule has 5 heteroatoms. The van der Waals surface area contributed by atoms with E-state index in [4.69, 9.17) is 23.2 Å². The number of nitrogens with zero attached hydrogens (tertiary/aromatic N) is 3. The zero-order chi connectivity index (χ0) is 23.9. The normalized spacial score (nSPS) is 17.0. The van der Waals surface area contributed by atoms with E-state index in [1.165, 1.54) is 73.1 Å². The lowest BCUT2D eigenvalue weighted by Crippen LogP contribution is -2.33. The van der Waals surface area contributed by atoms with E-state index in [0.717, 1.165) is 31.4 Å². The molecule has 34 heavy (non-hydrogen) atoms. The van der Waals surface area contributed by atoms with E-state index in [2.05, 4.69) is 58.2 Å². The molecule has 0 amide bonds. The first-order valence-corrected chi connectivity index (χ1v) is 13.3. The Kier molecular flexibility index (Phi) is 8.99. The van der Waals surface area contributed by atoms with Gasteiger partial charge in [0.2, 0.25) is 0 Å². The molecule has 2 aromatic rings. The smallest absolute Gasteiger partial charge is 0.0595 e. The van der Waals surface area contributed by atoms with Crippen LogP contribution in [0.1, 0.15) is 73.6 Å². The summed E-state index contributed by atoms with van der Waals surface area (Å²) < 4.78 is 0. The third kappa shape index (κ3) is 6.59. The molecule has 0 spiro atoms. The highest BCUT2D eigenvalue weighted by Crippen LogP contribution is 2.33. The molecule has 0 unspecified atom stereocenters. The van der Waals surface area contributed by atoms with Gasteiger partial charge < -0.3 is 4.90 Å². The number of rotatable bonds is 10.